The molecule has 0 aliphatic carbocycles. The molecule has 0 bridgehead atoms. The summed E-state index contributed by atoms with van der Waals surface area (Å²) in [5.41, 5.74) is 4.79. The van der Waals surface area contributed by atoms with Crippen LogP contribution >= 0.6 is 0 Å². The lowest BCUT2D eigenvalue weighted by atomic mass is 9.81. The van der Waals surface area contributed by atoms with Crippen molar-refractivity contribution in [3.05, 3.63) is 22.8 Å². The van der Waals surface area contributed by atoms with Crippen LogP contribution in [0.1, 0.15) is 116 Å². The predicted octanol–water partition coefficient (Wildman–Crippen LogP) is 8.56. The Bertz CT molecular complexity index is 665. The van der Waals surface area contributed by atoms with Crippen molar-refractivity contribution in [1.29, 1.82) is 0 Å². The maximum Gasteiger partial charge on any atom is 0.121 e. The van der Waals surface area contributed by atoms with Gasteiger partial charge in [-0.05, 0) is 80.5 Å². The van der Waals surface area contributed by atoms with E-state index in [0.717, 1.165) is 41.7 Å². The summed E-state index contributed by atoms with van der Waals surface area (Å²) in [5.74, 6) is 3.06. The zero-order chi connectivity index (χ0) is 22.3. The highest BCUT2D eigenvalue weighted by Crippen LogP contribution is 2.40. The molecular weight excluding hydrogens is 366 g/mol. The number of anilines is 1. The molecule has 2 rings (SSSR count). The van der Waals surface area contributed by atoms with Gasteiger partial charge in [-0.15, -0.1) is 0 Å². The number of fused-ring (bicyclic) bond motifs is 1. The predicted molar refractivity (Wildman–Crippen MR) is 133 cm³/mol. The SMILES string of the molecule is Cc1cc2c(c(C)c1O)CCC(C)(CCCC(C)CCCC(C)CCCC(C)C)N2. The van der Waals surface area contributed by atoms with E-state index >= 15 is 0 Å². The van der Waals surface area contributed by atoms with E-state index in [-0.39, 0.29) is 5.54 Å². The van der Waals surface area contributed by atoms with Gasteiger partial charge in [-0.2, -0.15) is 0 Å². The summed E-state index contributed by atoms with van der Waals surface area (Å²) < 4.78 is 0. The molecule has 1 heterocycles. The van der Waals surface area contributed by atoms with Crippen LogP contribution in [0.25, 0.3) is 0 Å². The first-order valence-corrected chi connectivity index (χ1v) is 12.7. The van der Waals surface area contributed by atoms with E-state index in [9.17, 15) is 5.11 Å². The molecule has 1 aromatic carbocycles. The van der Waals surface area contributed by atoms with Crippen molar-refractivity contribution < 1.29 is 5.11 Å². The third-order valence-electron chi connectivity index (χ3n) is 7.53. The van der Waals surface area contributed by atoms with Gasteiger partial charge in [-0.3, -0.25) is 0 Å². The molecule has 0 fully saturated rings. The normalized spacial score (nSPS) is 20.7. The fourth-order valence-corrected chi connectivity index (χ4v) is 5.24. The van der Waals surface area contributed by atoms with Crippen LogP contribution < -0.4 is 5.32 Å². The second kappa shape index (κ2) is 11.4. The first kappa shape index (κ1) is 25.1. The van der Waals surface area contributed by atoms with Crippen molar-refractivity contribution in [2.75, 3.05) is 5.32 Å². The van der Waals surface area contributed by atoms with Crippen molar-refractivity contribution in [3.63, 3.8) is 0 Å². The van der Waals surface area contributed by atoms with Crippen LogP contribution in [-0.4, -0.2) is 10.6 Å². The molecule has 3 atom stereocenters. The van der Waals surface area contributed by atoms with Crippen molar-refractivity contribution >= 4 is 5.69 Å². The van der Waals surface area contributed by atoms with Gasteiger partial charge in [0.15, 0.2) is 0 Å². The number of nitrogens with one attached hydrogen (secondary N) is 1. The van der Waals surface area contributed by atoms with Gasteiger partial charge in [0, 0.05) is 11.2 Å². The minimum Gasteiger partial charge on any atom is -0.507 e. The summed E-state index contributed by atoms with van der Waals surface area (Å²) in [4.78, 5) is 0. The lowest BCUT2D eigenvalue weighted by Crippen LogP contribution is -2.39. The average Bonchev–Trinajstić information content (AvgIpc) is 2.65. The number of phenols is 1. The molecule has 30 heavy (non-hydrogen) atoms. The first-order chi connectivity index (χ1) is 14.1. The summed E-state index contributed by atoms with van der Waals surface area (Å²) in [5, 5.41) is 14.1. The second-order valence-corrected chi connectivity index (χ2v) is 11.2. The lowest BCUT2D eigenvalue weighted by Gasteiger charge is -2.38. The molecule has 0 radical (unpaired) electrons. The van der Waals surface area contributed by atoms with Gasteiger partial charge in [-0.1, -0.05) is 79.1 Å². The maximum absolute atomic E-state index is 10.2. The van der Waals surface area contributed by atoms with Gasteiger partial charge in [0.2, 0.25) is 0 Å². The number of hydrogen-bond acceptors (Lipinski definition) is 2. The molecule has 0 saturated carbocycles. The van der Waals surface area contributed by atoms with Crippen molar-refractivity contribution in [2.45, 2.75) is 125 Å². The van der Waals surface area contributed by atoms with Gasteiger partial charge in [0.25, 0.3) is 0 Å². The van der Waals surface area contributed by atoms with Gasteiger partial charge < -0.3 is 10.4 Å². The molecule has 3 unspecified atom stereocenters. The van der Waals surface area contributed by atoms with Crippen LogP contribution in [0.5, 0.6) is 5.75 Å². The van der Waals surface area contributed by atoms with Crippen molar-refractivity contribution in [3.8, 4) is 5.75 Å². The highest BCUT2D eigenvalue weighted by atomic mass is 16.3. The quantitative estimate of drug-likeness (QED) is 0.335. The Balaban J connectivity index is 1.68. The fourth-order valence-electron chi connectivity index (χ4n) is 5.24. The molecule has 172 valence electrons. The average molecular weight is 416 g/mol. The highest BCUT2D eigenvalue weighted by molar-refractivity contribution is 5.64. The lowest BCUT2D eigenvalue weighted by molar-refractivity contribution is 0.359. The molecule has 0 spiro atoms. The molecule has 2 N–H and O–H groups in total. The maximum atomic E-state index is 10.2. The van der Waals surface area contributed by atoms with E-state index in [1.165, 1.54) is 69.0 Å². The van der Waals surface area contributed by atoms with Crippen molar-refractivity contribution in [2.24, 2.45) is 17.8 Å². The van der Waals surface area contributed by atoms with E-state index in [1.54, 1.807) is 0 Å². The third-order valence-corrected chi connectivity index (χ3v) is 7.53. The number of aromatic hydroxyl groups is 1. The minimum absolute atomic E-state index is 0.188. The minimum atomic E-state index is 0.188. The topological polar surface area (TPSA) is 32.3 Å². The number of aryl methyl sites for hydroxylation is 1. The second-order valence-electron chi connectivity index (χ2n) is 11.2. The summed E-state index contributed by atoms with van der Waals surface area (Å²) in [7, 11) is 0. The van der Waals surface area contributed by atoms with Gasteiger partial charge >= 0.3 is 0 Å². The summed E-state index contributed by atoms with van der Waals surface area (Å²) in [6, 6.07) is 2.14. The Hall–Kier alpha value is -1.18. The molecule has 0 saturated heterocycles. The molecule has 1 aliphatic rings. The number of hydrogen-bond donors (Lipinski definition) is 2. The molecule has 0 aromatic heterocycles. The molecule has 0 amide bonds. The zero-order valence-corrected chi connectivity index (χ0v) is 21.0. The number of benzene rings is 1. The first-order valence-electron chi connectivity index (χ1n) is 12.7. The Morgan fingerprint density at radius 2 is 1.50 bits per heavy atom. The van der Waals surface area contributed by atoms with Crippen molar-refractivity contribution in [1.82, 2.24) is 0 Å². The fraction of sp³-hybridized carbons (Fsp3) is 0.786. The van der Waals surface area contributed by atoms with Crippen LogP contribution in [-0.2, 0) is 6.42 Å². The molecule has 1 aliphatic heterocycles. The highest BCUT2D eigenvalue weighted by Gasteiger charge is 2.30. The Kier molecular flexibility index (Phi) is 9.57. The number of phenolic OH excluding ortho intramolecular Hbond substituents is 1. The monoisotopic (exact) mass is 415 g/mol. The third kappa shape index (κ3) is 7.50. The Morgan fingerprint density at radius 3 is 2.10 bits per heavy atom. The largest absolute Gasteiger partial charge is 0.507 e. The smallest absolute Gasteiger partial charge is 0.121 e. The van der Waals surface area contributed by atoms with E-state index in [4.69, 9.17) is 0 Å². The van der Waals surface area contributed by atoms with Crippen LogP contribution in [0.3, 0.4) is 0 Å². The van der Waals surface area contributed by atoms with E-state index < -0.39 is 0 Å². The van der Waals surface area contributed by atoms with Crippen LogP contribution in [0.2, 0.25) is 0 Å². The molecular formula is C28H49NO. The molecule has 2 heteroatoms. The van der Waals surface area contributed by atoms with Crippen LogP contribution in [0.15, 0.2) is 6.07 Å². The van der Waals surface area contributed by atoms with E-state index in [0.29, 0.717) is 5.75 Å². The van der Waals surface area contributed by atoms with Gasteiger partial charge in [0.05, 0.1) is 0 Å². The van der Waals surface area contributed by atoms with Crippen LogP contribution in [0, 0.1) is 31.6 Å². The van der Waals surface area contributed by atoms with Gasteiger partial charge in [-0.25, -0.2) is 0 Å². The summed E-state index contributed by atoms with van der Waals surface area (Å²) in [6.45, 7) is 16.0. The Labute approximate surface area is 187 Å². The Morgan fingerprint density at radius 1 is 0.933 bits per heavy atom. The number of rotatable bonds is 12. The summed E-state index contributed by atoms with van der Waals surface area (Å²) >= 11 is 0. The van der Waals surface area contributed by atoms with Gasteiger partial charge in [0.1, 0.15) is 5.75 Å². The standard InChI is InChI=1S/C28H49NO/c1-20(2)11-8-12-21(3)13-9-14-22(4)15-10-17-28(7)18-16-25-24(6)27(30)23(5)19-26(25)29-28/h19-22,29-30H,8-18H2,1-7H3. The molecule has 2 nitrogen and oxygen atoms in total. The zero-order valence-electron chi connectivity index (χ0n) is 21.0. The van der Waals surface area contributed by atoms with Crippen LogP contribution in [0.4, 0.5) is 5.69 Å². The molecule has 1 aromatic rings. The van der Waals surface area contributed by atoms with E-state index in [1.807, 2.05) is 6.92 Å². The van der Waals surface area contributed by atoms with E-state index in [2.05, 4.69) is 52.9 Å². The summed E-state index contributed by atoms with van der Waals surface area (Å²) in [6.07, 6.45) is 14.5.